The molecule has 546 valence electrons. The van der Waals surface area contributed by atoms with Crippen LogP contribution in [0.1, 0.15) is 162 Å². The lowest BCUT2D eigenvalue weighted by molar-refractivity contribution is -0.384. The number of ether oxygens (including phenoxy) is 8. The number of methoxy groups -OCH3 is 2. The van der Waals surface area contributed by atoms with Gasteiger partial charge in [0.2, 0.25) is 0 Å². The van der Waals surface area contributed by atoms with Crippen LogP contribution in [-0.2, 0) is 67.7 Å². The number of nitrogens with one attached hydrogen (secondary N) is 2. The summed E-state index contributed by atoms with van der Waals surface area (Å²) in [6.07, 6.45) is 16.9. The molecule has 9 atom stereocenters. The van der Waals surface area contributed by atoms with E-state index in [0.29, 0.717) is 55.4 Å². The van der Waals surface area contributed by atoms with Crippen molar-refractivity contribution in [3.05, 3.63) is 194 Å². The Kier molecular flexibility index (Phi) is 26.1. The zero-order valence-electron chi connectivity index (χ0n) is 60.3. The average molecular weight is 1400 g/mol. The fraction of sp³-hybridized carbons (Fsp3) is 0.494. The van der Waals surface area contributed by atoms with Crippen LogP contribution in [0, 0.1) is 27.9 Å². The Labute approximate surface area is 599 Å². The Morgan fingerprint density at radius 1 is 0.490 bits per heavy atom. The second-order valence-electron chi connectivity index (χ2n) is 29.1. The molecule has 3 fully saturated rings. The number of nitro groups is 1. The summed E-state index contributed by atoms with van der Waals surface area (Å²) in [5, 5.41) is 17.3. The van der Waals surface area contributed by atoms with Gasteiger partial charge < -0.3 is 64.1 Å². The number of amides is 4. The number of nitrogens with zero attached hydrogens (tertiary/aromatic N) is 3. The molecule has 6 aliphatic carbocycles. The molecule has 21 heteroatoms. The lowest BCUT2D eigenvalue weighted by Crippen LogP contribution is -2.57. The number of alkyl carbamates (subject to hydrolysis) is 2. The maximum Gasteiger partial charge on any atom is 0.519 e. The van der Waals surface area contributed by atoms with Crippen LogP contribution in [0.5, 0.6) is 23.0 Å². The van der Waals surface area contributed by atoms with Gasteiger partial charge in [-0.1, -0.05) is 157 Å². The quantitative estimate of drug-likeness (QED) is 0.0332. The fourth-order valence-corrected chi connectivity index (χ4v) is 16.4. The maximum absolute atomic E-state index is 13.0. The average Bonchev–Trinajstić information content (AvgIpc) is 0.749. The minimum absolute atomic E-state index is 0.0387. The highest BCUT2D eigenvalue weighted by Gasteiger charge is 2.49. The Hall–Kier alpha value is -9.05. The lowest BCUT2D eigenvalue weighted by Gasteiger charge is -2.49. The molecule has 0 aromatic heterocycles. The van der Waals surface area contributed by atoms with Crippen LogP contribution < -0.4 is 35.3 Å². The van der Waals surface area contributed by atoms with E-state index in [4.69, 9.17) is 43.6 Å². The molecule has 0 unspecified atom stereocenters. The predicted molar refractivity (Wildman–Crippen MR) is 388 cm³/mol. The smallest absolute Gasteiger partial charge is 0.445 e. The van der Waals surface area contributed by atoms with Crippen LogP contribution in [-0.4, -0.2) is 118 Å². The van der Waals surface area contributed by atoms with Gasteiger partial charge in [0, 0.05) is 87.9 Å². The van der Waals surface area contributed by atoms with Crippen molar-refractivity contribution < 1.29 is 66.8 Å². The Morgan fingerprint density at radius 2 is 0.863 bits per heavy atom. The molecule has 4 amide bonds. The third-order valence-corrected chi connectivity index (χ3v) is 22.1. The Morgan fingerprint density at radius 3 is 1.28 bits per heavy atom. The number of fused-ring (bicyclic) bond motifs is 12. The molecule has 0 aliphatic heterocycles. The normalized spacial score (nSPS) is 23.7. The van der Waals surface area contributed by atoms with Crippen molar-refractivity contribution in [2.24, 2.45) is 23.5 Å². The number of benzene rings is 6. The van der Waals surface area contributed by atoms with Gasteiger partial charge in [-0.05, 0) is 169 Å². The fourth-order valence-electron chi connectivity index (χ4n) is 16.4. The third-order valence-electron chi connectivity index (χ3n) is 22.1. The van der Waals surface area contributed by atoms with Gasteiger partial charge in [-0.25, -0.2) is 24.0 Å². The molecule has 4 N–H and O–H groups in total. The number of hydrogen-bond donors (Lipinski definition) is 3. The number of nitro benzene ring substituents is 1. The highest BCUT2D eigenvalue weighted by atomic mass is 16.7. The van der Waals surface area contributed by atoms with Gasteiger partial charge in [0.05, 0.1) is 18.1 Å². The molecule has 6 bridgehead atoms. The molecular weight excluding hydrogens is 1300 g/mol. The van der Waals surface area contributed by atoms with E-state index >= 15 is 0 Å². The first kappa shape index (κ1) is 75.6. The molecule has 6 aliphatic rings. The van der Waals surface area contributed by atoms with Gasteiger partial charge in [0.1, 0.15) is 36.2 Å². The van der Waals surface area contributed by atoms with E-state index in [2.05, 4.69) is 49.6 Å². The van der Waals surface area contributed by atoms with Crippen molar-refractivity contribution in [3.63, 3.8) is 0 Å². The zero-order chi connectivity index (χ0) is 72.4. The lowest BCUT2D eigenvalue weighted by atomic mass is 9.59. The minimum atomic E-state index is -0.940. The largest absolute Gasteiger partial charge is 0.519 e. The third kappa shape index (κ3) is 19.0. The molecule has 6 aromatic carbocycles. The summed E-state index contributed by atoms with van der Waals surface area (Å²) in [5.74, 6) is 2.75. The summed E-state index contributed by atoms with van der Waals surface area (Å²) in [5.41, 5.74) is 15.1. The van der Waals surface area contributed by atoms with Gasteiger partial charge >= 0.3 is 30.5 Å². The summed E-state index contributed by atoms with van der Waals surface area (Å²) in [7, 11) is 6.64. The zero-order valence-corrected chi connectivity index (χ0v) is 60.3. The SMILES string of the molecule is COCCN(C)C(=O)Oc1ccc2c(c1)[C@@]1(C)CCCCC[C@@H](C2)[C@@H]1N.COCCN(C)C(=O)Oc1ccc2c(c1)[C@@]1(C)CCCCC[C@@H](C2)[C@@H]1NC(=O)OCc1ccccc1.C[C@@]12CCCCC[C@@H](Cc3ccc(OC(=O)Oc4ccc([N+](=O)[O-])cc4)cc31)[C@@H]2NC(=O)OCc1ccccc1. The number of non-ortho nitro benzene ring substituents is 1. The Balaban J connectivity index is 0.000000168. The predicted octanol–water partition coefficient (Wildman–Crippen LogP) is 15.8. The summed E-state index contributed by atoms with van der Waals surface area (Å²) in [6, 6.07) is 42.2. The van der Waals surface area contributed by atoms with E-state index in [9.17, 15) is 34.1 Å². The second kappa shape index (κ2) is 35.2. The van der Waals surface area contributed by atoms with Crippen molar-refractivity contribution in [3.8, 4) is 23.0 Å². The van der Waals surface area contributed by atoms with Gasteiger partial charge in [0.25, 0.3) is 5.69 Å². The molecule has 0 radical (unpaired) electrons. The van der Waals surface area contributed by atoms with Gasteiger partial charge in [0.15, 0.2) is 0 Å². The summed E-state index contributed by atoms with van der Waals surface area (Å²) in [4.78, 5) is 76.6. The standard InChI is InChI=1S/C31H32N2O7.C29H38N2O5.C21H32N2O3/c1-31-17-7-3-6-10-23(28(31)32-29(34)38-20-21-8-4-2-5-9-21)18-22-11-14-26(19-27(22)31)40-30(35)39-25-15-12-24(13-16-25)33(36)37;1-29-15-9-5-8-12-23(26(29)30-27(32)35-20-21-10-6-4-7-11-21)18-22-13-14-24(19-25(22)29)36-28(33)31(2)16-17-34-3;1-21-10-6-4-5-7-16(19(21)22)13-15-8-9-17(14-18(15)21)26-20(24)23(2)11-12-25-3/h2,4-5,8-9,11-16,19,23,28H,3,6-7,10,17-18,20H2,1H3,(H,32,34);4,6-7,10-11,13-14,19,23,26H,5,8-9,12,15-18,20H2,1-3H3,(H,30,32);8-9,14,16,19H,4-7,10-13,22H2,1-3H3/t23-,28-,31+;23-,26-,29+;16-,19-,21+/m000/s1. The Bertz CT molecular complexity index is 3820. The van der Waals surface area contributed by atoms with E-state index in [1.54, 1.807) is 34.4 Å². The monoisotopic (exact) mass is 1400 g/mol. The van der Waals surface area contributed by atoms with Crippen LogP contribution in [0.4, 0.5) is 29.7 Å². The van der Waals surface area contributed by atoms with E-state index < -0.39 is 23.3 Å². The first-order chi connectivity index (χ1) is 49.2. The van der Waals surface area contributed by atoms with Crippen molar-refractivity contribution in [2.75, 3.05) is 54.6 Å². The van der Waals surface area contributed by atoms with Crippen LogP contribution in [0.25, 0.3) is 0 Å². The van der Waals surface area contributed by atoms with Crippen LogP contribution in [0.2, 0.25) is 0 Å². The molecule has 0 spiro atoms. The number of nitrogens with two attached hydrogens (primary N) is 1. The molecule has 6 aromatic rings. The number of carbonyl (C=O) groups excluding carboxylic acids is 5. The molecule has 3 saturated carbocycles. The van der Waals surface area contributed by atoms with E-state index in [1.807, 2.05) is 91.0 Å². The number of rotatable bonds is 17. The van der Waals surface area contributed by atoms with Gasteiger partial charge in [-0.15, -0.1) is 0 Å². The van der Waals surface area contributed by atoms with Crippen molar-refractivity contribution in [2.45, 2.75) is 184 Å². The summed E-state index contributed by atoms with van der Waals surface area (Å²) in [6.45, 7) is 9.05. The van der Waals surface area contributed by atoms with Crippen LogP contribution in [0.15, 0.2) is 140 Å². The highest BCUT2D eigenvalue weighted by Crippen LogP contribution is 2.50. The number of likely N-dealkylation sites (N-methyl/N-ethyl adjacent to an activating group) is 2. The van der Waals surface area contributed by atoms with E-state index in [0.717, 1.165) is 106 Å². The van der Waals surface area contributed by atoms with E-state index in [-0.39, 0.29) is 77.1 Å². The van der Waals surface area contributed by atoms with Gasteiger partial charge in [-0.2, -0.15) is 0 Å². The van der Waals surface area contributed by atoms with Crippen LogP contribution >= 0.6 is 0 Å². The topological polar surface area (TPSA) is 259 Å². The molecule has 21 nitrogen and oxygen atoms in total. The molecular formula is C81H102N6O15. The molecule has 0 saturated heterocycles. The summed E-state index contributed by atoms with van der Waals surface area (Å²) >= 11 is 0. The molecule has 12 rings (SSSR count). The number of hydrogen-bond acceptors (Lipinski definition) is 16. The number of carbonyl (C=O) groups is 5. The molecule has 102 heavy (non-hydrogen) atoms. The van der Waals surface area contributed by atoms with Crippen molar-refractivity contribution in [1.29, 1.82) is 0 Å². The van der Waals surface area contributed by atoms with Crippen molar-refractivity contribution in [1.82, 2.24) is 20.4 Å². The highest BCUT2D eigenvalue weighted by molar-refractivity contribution is 5.72. The van der Waals surface area contributed by atoms with Gasteiger partial charge in [-0.3, -0.25) is 10.1 Å². The first-order valence-corrected chi connectivity index (χ1v) is 36.3. The minimum Gasteiger partial charge on any atom is -0.445 e. The van der Waals surface area contributed by atoms with Crippen LogP contribution in [0.3, 0.4) is 0 Å². The van der Waals surface area contributed by atoms with Crippen molar-refractivity contribution >= 4 is 36.2 Å². The first-order valence-electron chi connectivity index (χ1n) is 36.3. The molecule has 0 heterocycles. The second-order valence-corrected chi connectivity index (χ2v) is 29.1. The maximum atomic E-state index is 13.0. The van der Waals surface area contributed by atoms with E-state index in [1.165, 1.54) is 88.4 Å². The summed E-state index contributed by atoms with van der Waals surface area (Å²) < 4.78 is 43.3.